The molecule has 1 aliphatic rings. The first-order chi connectivity index (χ1) is 15.0. The number of benzene rings is 2. The predicted molar refractivity (Wildman–Crippen MR) is 126 cm³/mol. The van der Waals surface area contributed by atoms with Crippen LogP contribution in [-0.4, -0.2) is 55.3 Å². The van der Waals surface area contributed by atoms with Crippen LogP contribution in [0.15, 0.2) is 59.3 Å². The summed E-state index contributed by atoms with van der Waals surface area (Å²) in [4.78, 5) is 29.9. The molecule has 1 aromatic heterocycles. The Balaban J connectivity index is 1.34. The summed E-state index contributed by atoms with van der Waals surface area (Å²) in [6.45, 7) is 1.82. The standard InChI is InChI=1S/C25H29N3O2S/c1-27(2)23(20-12-15-31-17-20)16-26-24(29)19-10-13-28(14-11-19)25(30)22-9-5-7-18-6-3-4-8-21(18)22/h3-9,12,15,17,19,23H,10-11,13-14,16H2,1-2H3,(H,26,29)/t23-/m0/s1. The monoisotopic (exact) mass is 435 g/mol. The average molecular weight is 436 g/mol. The Kier molecular flexibility index (Phi) is 6.68. The number of hydrogen-bond donors (Lipinski definition) is 1. The second-order valence-electron chi connectivity index (χ2n) is 8.37. The molecule has 162 valence electrons. The Morgan fingerprint density at radius 2 is 1.84 bits per heavy atom. The lowest BCUT2D eigenvalue weighted by Crippen LogP contribution is -2.44. The second-order valence-corrected chi connectivity index (χ2v) is 9.15. The first kappa shape index (κ1) is 21.5. The number of nitrogens with one attached hydrogen (secondary N) is 1. The van der Waals surface area contributed by atoms with E-state index in [0.29, 0.717) is 32.5 Å². The molecule has 2 aromatic carbocycles. The SMILES string of the molecule is CN(C)[C@@H](CNC(=O)C1CCN(C(=O)c2cccc3ccccc23)CC1)c1ccsc1. The molecule has 0 unspecified atom stereocenters. The second kappa shape index (κ2) is 9.62. The molecule has 1 fully saturated rings. The minimum atomic E-state index is -0.0399. The van der Waals surface area contributed by atoms with E-state index in [1.807, 2.05) is 61.5 Å². The van der Waals surface area contributed by atoms with E-state index in [1.165, 1.54) is 5.56 Å². The van der Waals surface area contributed by atoms with E-state index >= 15 is 0 Å². The third-order valence-corrected chi connectivity index (χ3v) is 6.90. The Morgan fingerprint density at radius 3 is 2.55 bits per heavy atom. The van der Waals surface area contributed by atoms with Gasteiger partial charge in [-0.3, -0.25) is 9.59 Å². The van der Waals surface area contributed by atoms with Crippen LogP contribution in [0.3, 0.4) is 0 Å². The molecule has 1 atom stereocenters. The Bertz CT molecular complexity index is 1030. The average Bonchev–Trinajstić information content (AvgIpc) is 3.32. The molecule has 6 heteroatoms. The number of likely N-dealkylation sites (tertiary alicyclic amines) is 1. The third-order valence-electron chi connectivity index (χ3n) is 6.19. The van der Waals surface area contributed by atoms with E-state index in [0.717, 1.165) is 16.3 Å². The molecule has 1 saturated heterocycles. The summed E-state index contributed by atoms with van der Waals surface area (Å²) in [5.74, 6) is 0.113. The maximum absolute atomic E-state index is 13.1. The lowest BCUT2D eigenvalue weighted by atomic mass is 9.94. The molecular formula is C25H29N3O2S. The van der Waals surface area contributed by atoms with Gasteiger partial charge in [0.1, 0.15) is 0 Å². The lowest BCUT2D eigenvalue weighted by molar-refractivity contribution is -0.126. The van der Waals surface area contributed by atoms with Gasteiger partial charge in [-0.1, -0.05) is 36.4 Å². The van der Waals surface area contributed by atoms with Gasteiger partial charge >= 0.3 is 0 Å². The van der Waals surface area contributed by atoms with Gasteiger partial charge in [-0.2, -0.15) is 11.3 Å². The summed E-state index contributed by atoms with van der Waals surface area (Å²) in [5.41, 5.74) is 1.97. The summed E-state index contributed by atoms with van der Waals surface area (Å²) in [5, 5.41) is 9.40. The highest BCUT2D eigenvalue weighted by Crippen LogP contribution is 2.24. The van der Waals surface area contributed by atoms with E-state index < -0.39 is 0 Å². The highest BCUT2D eigenvalue weighted by Gasteiger charge is 2.29. The molecule has 31 heavy (non-hydrogen) atoms. The first-order valence-electron chi connectivity index (χ1n) is 10.8. The number of fused-ring (bicyclic) bond motifs is 1. The molecule has 0 radical (unpaired) electrons. The van der Waals surface area contributed by atoms with Crippen molar-refractivity contribution in [3.05, 3.63) is 70.4 Å². The van der Waals surface area contributed by atoms with Crippen LogP contribution in [0.1, 0.15) is 34.8 Å². The van der Waals surface area contributed by atoms with E-state index in [-0.39, 0.29) is 23.8 Å². The first-order valence-corrected chi connectivity index (χ1v) is 11.7. The van der Waals surface area contributed by atoms with Crippen LogP contribution in [0.5, 0.6) is 0 Å². The Morgan fingerprint density at radius 1 is 1.10 bits per heavy atom. The summed E-state index contributed by atoms with van der Waals surface area (Å²) in [7, 11) is 4.07. The van der Waals surface area contributed by atoms with Gasteiger partial charge in [0.05, 0.1) is 6.04 Å². The van der Waals surface area contributed by atoms with Crippen LogP contribution in [0.2, 0.25) is 0 Å². The van der Waals surface area contributed by atoms with Gasteiger partial charge < -0.3 is 15.1 Å². The Hall–Kier alpha value is -2.70. The van der Waals surface area contributed by atoms with Crippen molar-refractivity contribution in [2.75, 3.05) is 33.7 Å². The van der Waals surface area contributed by atoms with E-state index in [1.54, 1.807) is 11.3 Å². The zero-order chi connectivity index (χ0) is 21.8. The van der Waals surface area contributed by atoms with Crippen molar-refractivity contribution < 1.29 is 9.59 Å². The van der Waals surface area contributed by atoms with Crippen LogP contribution in [0, 0.1) is 5.92 Å². The highest BCUT2D eigenvalue weighted by atomic mass is 32.1. The minimum absolute atomic E-state index is 0.0399. The zero-order valence-electron chi connectivity index (χ0n) is 18.1. The van der Waals surface area contributed by atoms with E-state index in [2.05, 4.69) is 27.0 Å². The fourth-order valence-corrected chi connectivity index (χ4v) is 5.04. The van der Waals surface area contributed by atoms with Gasteiger partial charge in [0, 0.05) is 31.1 Å². The van der Waals surface area contributed by atoms with E-state index in [4.69, 9.17) is 0 Å². The number of carbonyl (C=O) groups excluding carboxylic acids is 2. The predicted octanol–water partition coefficient (Wildman–Crippen LogP) is 4.17. The lowest BCUT2D eigenvalue weighted by Gasteiger charge is -2.32. The molecule has 0 spiro atoms. The third kappa shape index (κ3) is 4.81. The molecule has 0 aliphatic carbocycles. The number of amides is 2. The molecule has 1 N–H and O–H groups in total. The van der Waals surface area contributed by atoms with Gasteiger partial charge in [-0.05, 0) is 66.2 Å². The molecule has 0 bridgehead atoms. The molecule has 3 aromatic rings. The largest absolute Gasteiger partial charge is 0.354 e. The topological polar surface area (TPSA) is 52.7 Å². The van der Waals surface area contributed by atoms with Crippen LogP contribution in [0.4, 0.5) is 0 Å². The number of nitrogens with zero attached hydrogens (tertiary/aromatic N) is 2. The minimum Gasteiger partial charge on any atom is -0.354 e. The quantitative estimate of drug-likeness (QED) is 0.632. The van der Waals surface area contributed by atoms with Crippen molar-refractivity contribution >= 4 is 33.9 Å². The number of rotatable bonds is 6. The molecule has 1 aliphatic heterocycles. The maximum atomic E-state index is 13.1. The van der Waals surface area contributed by atoms with Gasteiger partial charge in [0.15, 0.2) is 0 Å². The van der Waals surface area contributed by atoms with Crippen molar-refractivity contribution in [2.45, 2.75) is 18.9 Å². The van der Waals surface area contributed by atoms with Crippen LogP contribution in [-0.2, 0) is 4.79 Å². The van der Waals surface area contributed by atoms with Gasteiger partial charge in [0.2, 0.25) is 5.91 Å². The van der Waals surface area contributed by atoms with Crippen LogP contribution < -0.4 is 5.32 Å². The molecule has 0 saturated carbocycles. The fraction of sp³-hybridized carbons (Fsp3) is 0.360. The summed E-state index contributed by atoms with van der Waals surface area (Å²) in [6, 6.07) is 16.1. The van der Waals surface area contributed by atoms with Crippen molar-refractivity contribution in [3.63, 3.8) is 0 Å². The van der Waals surface area contributed by atoms with Gasteiger partial charge in [-0.25, -0.2) is 0 Å². The molecular weight excluding hydrogens is 406 g/mol. The Labute approximate surface area is 187 Å². The van der Waals surface area contributed by atoms with Crippen molar-refractivity contribution in [2.24, 2.45) is 5.92 Å². The van der Waals surface area contributed by atoms with Gasteiger partial charge in [-0.15, -0.1) is 0 Å². The zero-order valence-corrected chi connectivity index (χ0v) is 18.9. The summed E-state index contributed by atoms with van der Waals surface area (Å²) >= 11 is 1.67. The summed E-state index contributed by atoms with van der Waals surface area (Å²) < 4.78 is 0. The molecule has 4 rings (SSSR count). The van der Waals surface area contributed by atoms with Crippen LogP contribution >= 0.6 is 11.3 Å². The fourth-order valence-electron chi connectivity index (χ4n) is 4.33. The number of piperidine rings is 1. The van der Waals surface area contributed by atoms with Crippen molar-refractivity contribution in [1.29, 1.82) is 0 Å². The van der Waals surface area contributed by atoms with Crippen molar-refractivity contribution in [1.82, 2.24) is 15.1 Å². The number of hydrogen-bond acceptors (Lipinski definition) is 4. The van der Waals surface area contributed by atoms with Gasteiger partial charge in [0.25, 0.3) is 5.91 Å². The number of carbonyl (C=O) groups is 2. The molecule has 2 amide bonds. The normalized spacial score (nSPS) is 15.9. The van der Waals surface area contributed by atoms with E-state index in [9.17, 15) is 9.59 Å². The highest BCUT2D eigenvalue weighted by molar-refractivity contribution is 7.08. The maximum Gasteiger partial charge on any atom is 0.254 e. The molecule has 2 heterocycles. The number of likely N-dealkylation sites (N-methyl/N-ethyl adjacent to an activating group) is 1. The number of thiophene rings is 1. The van der Waals surface area contributed by atoms with Crippen molar-refractivity contribution in [3.8, 4) is 0 Å². The molecule has 5 nitrogen and oxygen atoms in total. The van der Waals surface area contributed by atoms with Crippen LogP contribution in [0.25, 0.3) is 10.8 Å². The summed E-state index contributed by atoms with van der Waals surface area (Å²) in [6.07, 6.45) is 1.40. The smallest absolute Gasteiger partial charge is 0.254 e.